The van der Waals surface area contributed by atoms with Crippen molar-refractivity contribution in [2.24, 2.45) is 0 Å². The number of hydrogen-bond acceptors (Lipinski definition) is 3. The maximum absolute atomic E-state index is 13.3. The number of rotatable bonds is 4. The van der Waals surface area contributed by atoms with Crippen LogP contribution in [0.1, 0.15) is 29.4 Å². The Morgan fingerprint density at radius 1 is 0.970 bits per heavy atom. The Bertz CT molecular complexity index is 1330. The highest BCUT2D eigenvalue weighted by atomic mass is 35.5. The van der Waals surface area contributed by atoms with Crippen LogP contribution in [-0.4, -0.2) is 21.5 Å². The second-order valence-corrected chi connectivity index (χ2v) is 8.94. The van der Waals surface area contributed by atoms with Gasteiger partial charge in [-0.2, -0.15) is 0 Å². The molecular weight excluding hydrogens is 477 g/mol. The summed E-state index contributed by atoms with van der Waals surface area (Å²) in [6.45, 7) is 5.91. The molecule has 1 aliphatic rings. The molecule has 0 unspecified atom stereocenters. The highest BCUT2D eigenvalue weighted by Crippen LogP contribution is 2.29. The number of carbonyl (C=O) groups is 2. The number of nitrogens with one attached hydrogen (secondary N) is 1. The fraction of sp³-hybridized carbons (Fsp3) is 0.160. The van der Waals surface area contributed by atoms with E-state index in [1.54, 1.807) is 18.2 Å². The normalized spacial score (nSPS) is 15.4. The van der Waals surface area contributed by atoms with E-state index in [4.69, 9.17) is 35.4 Å². The first-order valence-electron chi connectivity index (χ1n) is 10.4. The molecule has 1 aliphatic heterocycles. The van der Waals surface area contributed by atoms with Crippen molar-refractivity contribution in [1.82, 2.24) is 9.88 Å². The Hall–Kier alpha value is -2.93. The highest BCUT2D eigenvalue weighted by molar-refractivity contribution is 7.80. The molecular formula is C25H21Cl2N3O2S. The van der Waals surface area contributed by atoms with Gasteiger partial charge in [0.1, 0.15) is 5.57 Å². The maximum atomic E-state index is 13.3. The van der Waals surface area contributed by atoms with Crippen molar-refractivity contribution in [1.29, 1.82) is 0 Å². The molecule has 1 N–H and O–H groups in total. The van der Waals surface area contributed by atoms with Gasteiger partial charge in [-0.25, -0.2) is 0 Å². The van der Waals surface area contributed by atoms with Crippen LogP contribution in [0, 0.1) is 13.8 Å². The van der Waals surface area contributed by atoms with E-state index in [0.29, 0.717) is 15.7 Å². The van der Waals surface area contributed by atoms with Gasteiger partial charge in [-0.3, -0.25) is 19.8 Å². The van der Waals surface area contributed by atoms with Crippen molar-refractivity contribution in [3.8, 4) is 5.69 Å². The van der Waals surface area contributed by atoms with E-state index >= 15 is 0 Å². The van der Waals surface area contributed by atoms with E-state index in [0.717, 1.165) is 34.6 Å². The zero-order chi connectivity index (χ0) is 23.9. The largest absolute Gasteiger partial charge is 0.318 e. The minimum atomic E-state index is -0.522. The molecule has 4 rings (SSSR count). The van der Waals surface area contributed by atoms with Gasteiger partial charge in [0, 0.05) is 17.1 Å². The molecule has 0 aliphatic carbocycles. The average molecular weight is 498 g/mol. The third-order valence-corrected chi connectivity index (χ3v) is 6.66. The first-order valence-corrected chi connectivity index (χ1v) is 11.5. The van der Waals surface area contributed by atoms with Crippen LogP contribution >= 0.6 is 35.4 Å². The zero-order valence-electron chi connectivity index (χ0n) is 18.3. The first kappa shape index (κ1) is 23.2. The molecule has 0 atom stereocenters. The van der Waals surface area contributed by atoms with E-state index in [9.17, 15) is 9.59 Å². The van der Waals surface area contributed by atoms with E-state index in [-0.39, 0.29) is 10.7 Å². The van der Waals surface area contributed by atoms with Crippen LogP contribution < -0.4 is 10.2 Å². The lowest BCUT2D eigenvalue weighted by Crippen LogP contribution is -2.54. The third kappa shape index (κ3) is 4.34. The smallest absolute Gasteiger partial charge is 0.270 e. The molecule has 2 heterocycles. The number of nitrogens with zero attached hydrogens (tertiary/aromatic N) is 2. The van der Waals surface area contributed by atoms with Crippen LogP contribution in [0.3, 0.4) is 0 Å². The molecule has 1 saturated heterocycles. The summed E-state index contributed by atoms with van der Waals surface area (Å²) in [5.74, 6) is -0.988. The minimum Gasteiger partial charge on any atom is -0.318 e. The van der Waals surface area contributed by atoms with Crippen LogP contribution in [-0.2, 0) is 16.0 Å². The lowest BCUT2D eigenvalue weighted by molar-refractivity contribution is -0.122. The quantitative estimate of drug-likeness (QED) is 0.281. The fourth-order valence-electron chi connectivity index (χ4n) is 3.88. The standard InChI is InChI=1S/C25H21Cl2N3O2S/c1-4-16-5-7-18(8-6-16)30-24(32)20(23(31)28-25(30)33)12-17-11-14(2)29(15(17)3)19-9-10-21(26)22(27)13-19/h5-13H,4H2,1-3H3,(H,28,31,33). The van der Waals surface area contributed by atoms with Gasteiger partial charge >= 0.3 is 0 Å². The topological polar surface area (TPSA) is 54.3 Å². The van der Waals surface area contributed by atoms with Crippen molar-refractivity contribution in [3.05, 3.63) is 86.7 Å². The van der Waals surface area contributed by atoms with Crippen molar-refractivity contribution in [2.75, 3.05) is 4.90 Å². The van der Waals surface area contributed by atoms with Gasteiger partial charge in [-0.1, -0.05) is 42.3 Å². The molecule has 168 valence electrons. The first-order chi connectivity index (χ1) is 15.7. The highest BCUT2D eigenvalue weighted by Gasteiger charge is 2.34. The van der Waals surface area contributed by atoms with Gasteiger partial charge in [-0.15, -0.1) is 0 Å². The average Bonchev–Trinajstić information content (AvgIpc) is 3.06. The molecule has 0 bridgehead atoms. The molecule has 1 aromatic heterocycles. The maximum Gasteiger partial charge on any atom is 0.270 e. The Morgan fingerprint density at radius 3 is 2.27 bits per heavy atom. The van der Waals surface area contributed by atoms with Crippen molar-refractivity contribution < 1.29 is 9.59 Å². The second-order valence-electron chi connectivity index (χ2n) is 7.74. The predicted molar refractivity (Wildman–Crippen MR) is 137 cm³/mol. The van der Waals surface area contributed by atoms with Gasteiger partial charge in [0.15, 0.2) is 5.11 Å². The number of halogens is 2. The summed E-state index contributed by atoms with van der Waals surface area (Å²) in [6, 6.07) is 14.8. The SMILES string of the molecule is CCc1ccc(N2C(=O)C(=Cc3cc(C)n(-c4ccc(Cl)c(Cl)c4)c3C)C(=O)NC2=S)cc1. The number of thiocarbonyl (C=S) groups is 1. The van der Waals surface area contributed by atoms with Crippen LogP contribution in [0.25, 0.3) is 11.8 Å². The molecule has 0 spiro atoms. The second kappa shape index (κ2) is 9.14. The van der Waals surface area contributed by atoms with Gasteiger partial charge in [-0.05, 0) is 86.1 Å². The van der Waals surface area contributed by atoms with Gasteiger partial charge in [0.2, 0.25) is 0 Å². The summed E-state index contributed by atoms with van der Waals surface area (Å²) in [5.41, 5.74) is 5.11. The molecule has 2 amide bonds. The monoisotopic (exact) mass is 497 g/mol. The zero-order valence-corrected chi connectivity index (χ0v) is 20.6. The Morgan fingerprint density at radius 2 is 1.64 bits per heavy atom. The summed E-state index contributed by atoms with van der Waals surface area (Å²) >= 11 is 17.6. The predicted octanol–water partition coefficient (Wildman–Crippen LogP) is 5.79. The van der Waals surface area contributed by atoms with E-state index in [1.807, 2.05) is 54.8 Å². The van der Waals surface area contributed by atoms with Crippen molar-refractivity contribution in [3.63, 3.8) is 0 Å². The lowest BCUT2D eigenvalue weighted by Gasteiger charge is -2.29. The summed E-state index contributed by atoms with van der Waals surface area (Å²) < 4.78 is 1.99. The Labute approximate surface area is 207 Å². The number of carbonyl (C=O) groups excluding carboxylic acids is 2. The van der Waals surface area contributed by atoms with Crippen LogP contribution in [0.15, 0.2) is 54.1 Å². The van der Waals surface area contributed by atoms with E-state index < -0.39 is 11.8 Å². The third-order valence-electron chi connectivity index (χ3n) is 5.64. The van der Waals surface area contributed by atoms with E-state index in [2.05, 4.69) is 12.2 Å². The molecule has 2 aromatic carbocycles. The Kier molecular flexibility index (Phi) is 6.43. The lowest BCUT2D eigenvalue weighted by atomic mass is 10.1. The summed E-state index contributed by atoms with van der Waals surface area (Å²) in [5, 5.41) is 3.61. The number of hydrogen-bond donors (Lipinski definition) is 1. The molecule has 1 fully saturated rings. The van der Waals surface area contributed by atoms with Crippen LogP contribution in [0.5, 0.6) is 0 Å². The minimum absolute atomic E-state index is 0.0116. The summed E-state index contributed by atoms with van der Waals surface area (Å²) in [7, 11) is 0. The van der Waals surface area contributed by atoms with Gasteiger partial charge in [0.25, 0.3) is 11.8 Å². The molecule has 0 saturated carbocycles. The Balaban J connectivity index is 1.74. The molecule has 33 heavy (non-hydrogen) atoms. The van der Waals surface area contributed by atoms with Crippen molar-refractivity contribution in [2.45, 2.75) is 27.2 Å². The number of benzene rings is 2. The van der Waals surface area contributed by atoms with Crippen LogP contribution in [0.2, 0.25) is 10.0 Å². The fourth-order valence-corrected chi connectivity index (χ4v) is 4.46. The van der Waals surface area contributed by atoms with E-state index in [1.165, 1.54) is 4.90 Å². The molecule has 5 nitrogen and oxygen atoms in total. The van der Waals surface area contributed by atoms with Crippen LogP contribution in [0.4, 0.5) is 5.69 Å². The number of amides is 2. The van der Waals surface area contributed by atoms with Gasteiger partial charge < -0.3 is 4.57 Å². The number of anilines is 1. The number of aromatic nitrogens is 1. The summed E-state index contributed by atoms with van der Waals surface area (Å²) in [6.07, 6.45) is 2.48. The van der Waals surface area contributed by atoms with Crippen molar-refractivity contribution >= 4 is 64.1 Å². The van der Waals surface area contributed by atoms with Gasteiger partial charge in [0.05, 0.1) is 15.7 Å². The number of aryl methyl sites for hydroxylation is 2. The summed E-state index contributed by atoms with van der Waals surface area (Å²) in [4.78, 5) is 27.4. The molecule has 0 radical (unpaired) electrons. The molecule has 3 aromatic rings. The molecule has 8 heteroatoms.